The Hall–Kier alpha value is -2.81. The fourth-order valence-corrected chi connectivity index (χ4v) is 1.78. The number of ether oxygens (including phenoxy) is 2. The minimum absolute atomic E-state index is 0.0597. The van der Waals surface area contributed by atoms with E-state index in [1.807, 2.05) is 0 Å². The van der Waals surface area contributed by atoms with Gasteiger partial charge in [0.1, 0.15) is 17.2 Å². The van der Waals surface area contributed by atoms with Crippen molar-refractivity contribution in [2.75, 3.05) is 0 Å². The van der Waals surface area contributed by atoms with Crippen LogP contribution in [-0.2, 0) is 6.61 Å². The van der Waals surface area contributed by atoms with Crippen molar-refractivity contribution in [3.05, 3.63) is 58.1 Å². The second kappa shape index (κ2) is 6.53. The molecular weight excluding hydrogens is 319 g/mol. The highest BCUT2D eigenvalue weighted by molar-refractivity contribution is 5.46. The first-order chi connectivity index (χ1) is 10.8. The van der Waals surface area contributed by atoms with Gasteiger partial charge in [0.2, 0.25) is 0 Å². The average molecular weight is 329 g/mol. The molecule has 0 aromatic heterocycles. The molecule has 2 aromatic rings. The van der Waals surface area contributed by atoms with Gasteiger partial charge in [0.05, 0.1) is 17.1 Å². The van der Waals surface area contributed by atoms with Gasteiger partial charge in [-0.05, 0) is 36.4 Å². The Morgan fingerprint density at radius 2 is 1.61 bits per heavy atom. The molecule has 0 bridgehead atoms. The van der Waals surface area contributed by atoms with Crippen LogP contribution in [0.25, 0.3) is 0 Å². The molecule has 0 aliphatic heterocycles. The fourth-order valence-electron chi connectivity index (χ4n) is 1.78. The summed E-state index contributed by atoms with van der Waals surface area (Å²) in [7, 11) is 0. The third-order valence-electron chi connectivity index (χ3n) is 2.71. The van der Waals surface area contributed by atoms with E-state index in [2.05, 4.69) is 4.74 Å². The minimum Gasteiger partial charge on any atom is -0.457 e. The zero-order valence-corrected chi connectivity index (χ0v) is 11.4. The van der Waals surface area contributed by atoms with Crippen molar-refractivity contribution in [2.45, 2.75) is 13.0 Å². The van der Waals surface area contributed by atoms with E-state index in [1.165, 1.54) is 30.3 Å². The second-order valence-corrected chi connectivity index (χ2v) is 4.33. The zero-order chi connectivity index (χ0) is 17.0. The van der Waals surface area contributed by atoms with Gasteiger partial charge in [-0.25, -0.2) is 0 Å². The van der Waals surface area contributed by atoms with Crippen LogP contribution in [0.15, 0.2) is 42.5 Å². The lowest BCUT2D eigenvalue weighted by Gasteiger charge is -2.10. The normalized spacial score (nSPS) is 11.1. The number of nitro benzene ring substituents is 1. The first-order valence-corrected chi connectivity index (χ1v) is 6.20. The third kappa shape index (κ3) is 4.58. The molecule has 23 heavy (non-hydrogen) atoms. The predicted octanol–water partition coefficient (Wildman–Crippen LogP) is 3.78. The van der Waals surface area contributed by atoms with Gasteiger partial charge in [0.25, 0.3) is 5.69 Å². The Kier molecular flexibility index (Phi) is 4.70. The number of halogens is 3. The summed E-state index contributed by atoms with van der Waals surface area (Å²) in [6.45, 7) is -0.550. The van der Waals surface area contributed by atoms with Crippen LogP contribution < -0.4 is 9.47 Å². The number of rotatable bonds is 5. The molecular formula is C14H10F3NO5. The summed E-state index contributed by atoms with van der Waals surface area (Å²) < 4.78 is 45.2. The van der Waals surface area contributed by atoms with E-state index >= 15 is 0 Å². The van der Waals surface area contributed by atoms with Crippen molar-refractivity contribution in [2.24, 2.45) is 0 Å². The lowest BCUT2D eigenvalue weighted by atomic mass is 10.2. The Bertz CT molecular complexity index is 701. The van der Waals surface area contributed by atoms with Gasteiger partial charge in [-0.2, -0.15) is 0 Å². The molecule has 0 amide bonds. The van der Waals surface area contributed by atoms with Crippen LogP contribution in [0.4, 0.5) is 18.9 Å². The summed E-state index contributed by atoms with van der Waals surface area (Å²) >= 11 is 0. The van der Waals surface area contributed by atoms with E-state index in [0.29, 0.717) is 0 Å². The summed E-state index contributed by atoms with van der Waals surface area (Å²) in [6.07, 6.45) is -4.78. The largest absolute Gasteiger partial charge is 0.573 e. The molecule has 9 heteroatoms. The zero-order valence-electron chi connectivity index (χ0n) is 11.4. The van der Waals surface area contributed by atoms with Crippen molar-refractivity contribution < 1.29 is 32.7 Å². The van der Waals surface area contributed by atoms with E-state index in [0.717, 1.165) is 12.1 Å². The van der Waals surface area contributed by atoms with Crippen LogP contribution >= 0.6 is 0 Å². The molecule has 0 spiro atoms. The Labute approximate surface area is 127 Å². The molecule has 0 saturated heterocycles. The molecule has 0 saturated carbocycles. The van der Waals surface area contributed by atoms with Gasteiger partial charge < -0.3 is 14.6 Å². The number of aliphatic hydroxyl groups excluding tert-OH is 1. The predicted molar refractivity (Wildman–Crippen MR) is 72.2 cm³/mol. The molecule has 1 N–H and O–H groups in total. The van der Waals surface area contributed by atoms with Crippen LogP contribution in [0, 0.1) is 10.1 Å². The van der Waals surface area contributed by atoms with Gasteiger partial charge in [0.15, 0.2) is 0 Å². The molecule has 2 rings (SSSR count). The fraction of sp³-hybridized carbons (Fsp3) is 0.143. The van der Waals surface area contributed by atoms with Crippen molar-refractivity contribution >= 4 is 5.69 Å². The van der Waals surface area contributed by atoms with E-state index in [1.54, 1.807) is 0 Å². The van der Waals surface area contributed by atoms with Gasteiger partial charge in [-0.3, -0.25) is 10.1 Å². The third-order valence-corrected chi connectivity index (χ3v) is 2.71. The Balaban J connectivity index is 2.14. The quantitative estimate of drug-likeness (QED) is 0.667. The van der Waals surface area contributed by atoms with Crippen molar-refractivity contribution in [3.8, 4) is 17.2 Å². The summed E-state index contributed by atoms with van der Waals surface area (Å²) in [5.41, 5.74) is -0.196. The molecule has 0 radical (unpaired) electrons. The van der Waals surface area contributed by atoms with E-state index in [-0.39, 0.29) is 22.7 Å². The number of hydrogen-bond acceptors (Lipinski definition) is 5. The highest BCUT2D eigenvalue weighted by Crippen LogP contribution is 2.30. The maximum absolute atomic E-state index is 12.0. The average Bonchev–Trinajstić information content (AvgIpc) is 2.47. The van der Waals surface area contributed by atoms with E-state index in [9.17, 15) is 23.3 Å². The molecule has 2 aromatic carbocycles. The maximum Gasteiger partial charge on any atom is 0.573 e. The van der Waals surface area contributed by atoms with Crippen LogP contribution in [0.1, 0.15) is 5.56 Å². The molecule has 0 heterocycles. The first-order valence-electron chi connectivity index (χ1n) is 6.20. The minimum atomic E-state index is -4.78. The summed E-state index contributed by atoms with van der Waals surface area (Å²) in [5, 5.41) is 19.9. The molecule has 0 fully saturated rings. The highest BCUT2D eigenvalue weighted by Gasteiger charge is 2.31. The van der Waals surface area contributed by atoms with Crippen LogP contribution in [0.2, 0.25) is 0 Å². The molecule has 0 aliphatic rings. The SMILES string of the molecule is O=[N+]([O-])c1ccc(Oc2ccc(OC(F)(F)F)cc2)cc1CO. The van der Waals surface area contributed by atoms with E-state index in [4.69, 9.17) is 9.84 Å². The molecule has 6 nitrogen and oxygen atoms in total. The summed E-state index contributed by atoms with van der Waals surface area (Å²) in [4.78, 5) is 10.1. The molecule has 0 unspecified atom stereocenters. The molecule has 0 aliphatic carbocycles. The van der Waals surface area contributed by atoms with E-state index < -0.39 is 23.6 Å². The van der Waals surface area contributed by atoms with Gasteiger partial charge in [-0.15, -0.1) is 13.2 Å². The summed E-state index contributed by atoms with van der Waals surface area (Å²) in [5.74, 6) is 0.00556. The van der Waals surface area contributed by atoms with Gasteiger partial charge >= 0.3 is 6.36 Å². The van der Waals surface area contributed by atoms with Crippen molar-refractivity contribution in [3.63, 3.8) is 0 Å². The second-order valence-electron chi connectivity index (χ2n) is 4.33. The molecule has 122 valence electrons. The first kappa shape index (κ1) is 16.6. The van der Waals surface area contributed by atoms with Crippen LogP contribution in [-0.4, -0.2) is 16.4 Å². The monoisotopic (exact) mass is 329 g/mol. The molecule has 0 atom stereocenters. The van der Waals surface area contributed by atoms with Crippen LogP contribution in [0.5, 0.6) is 17.2 Å². The Morgan fingerprint density at radius 3 is 2.13 bits per heavy atom. The topological polar surface area (TPSA) is 81.8 Å². The lowest BCUT2D eigenvalue weighted by Crippen LogP contribution is -2.16. The smallest absolute Gasteiger partial charge is 0.457 e. The maximum atomic E-state index is 12.0. The highest BCUT2D eigenvalue weighted by atomic mass is 19.4. The van der Waals surface area contributed by atoms with Crippen molar-refractivity contribution in [1.82, 2.24) is 0 Å². The lowest BCUT2D eigenvalue weighted by molar-refractivity contribution is -0.385. The summed E-state index contributed by atoms with van der Waals surface area (Å²) in [6, 6.07) is 8.41. The number of benzene rings is 2. The number of nitro groups is 1. The Morgan fingerprint density at radius 1 is 1.04 bits per heavy atom. The standard InChI is InChI=1S/C14H10F3NO5/c15-14(16,17)23-11-3-1-10(2-4-11)22-12-5-6-13(18(20)21)9(7-12)8-19/h1-7,19H,8H2. The number of alkyl halides is 3. The van der Waals surface area contributed by atoms with Gasteiger partial charge in [-0.1, -0.05) is 0 Å². The number of aliphatic hydroxyl groups is 1. The van der Waals surface area contributed by atoms with Gasteiger partial charge in [0, 0.05) is 6.07 Å². The number of hydrogen-bond donors (Lipinski definition) is 1. The number of nitrogens with zero attached hydrogens (tertiary/aromatic N) is 1. The van der Waals surface area contributed by atoms with Crippen LogP contribution in [0.3, 0.4) is 0 Å². The van der Waals surface area contributed by atoms with Crippen molar-refractivity contribution in [1.29, 1.82) is 0 Å².